The number of methoxy groups -OCH3 is 2. The van der Waals surface area contributed by atoms with Gasteiger partial charge in [0, 0.05) is 17.5 Å². The van der Waals surface area contributed by atoms with E-state index in [-0.39, 0.29) is 11.9 Å². The third kappa shape index (κ3) is 3.23. The fourth-order valence-electron chi connectivity index (χ4n) is 3.65. The average Bonchev–Trinajstić information content (AvgIpc) is 2.60. The van der Waals surface area contributed by atoms with Crippen LogP contribution in [-0.4, -0.2) is 27.3 Å². The molecule has 0 radical (unpaired) electrons. The number of rotatable bonds is 5. The summed E-state index contributed by atoms with van der Waals surface area (Å²) in [5.41, 5.74) is 7.73. The molecule has 2 aromatic carbocycles. The molecule has 0 saturated carbocycles. The van der Waals surface area contributed by atoms with Crippen LogP contribution in [0.2, 0.25) is 0 Å². The van der Waals surface area contributed by atoms with E-state index in [1.807, 2.05) is 6.07 Å². The molecule has 0 aromatic heterocycles. The van der Waals surface area contributed by atoms with E-state index < -0.39 is 0 Å². The van der Waals surface area contributed by atoms with Crippen molar-refractivity contribution in [3.05, 3.63) is 58.9 Å². The van der Waals surface area contributed by atoms with Crippen molar-refractivity contribution >= 4 is 0 Å². The highest BCUT2D eigenvalue weighted by atomic mass is 19.1. The Morgan fingerprint density at radius 3 is 2.58 bits per heavy atom. The van der Waals surface area contributed by atoms with Gasteiger partial charge in [-0.2, -0.15) is 0 Å². The summed E-state index contributed by atoms with van der Waals surface area (Å²) in [6.45, 7) is 2.58. The lowest BCUT2D eigenvalue weighted by Gasteiger charge is -2.33. The Balaban J connectivity index is 1.91. The van der Waals surface area contributed by atoms with Crippen LogP contribution in [0.5, 0.6) is 11.5 Å². The standard InChI is InChI=1S/C19H23FN2O2/c1-23-18-9-14-6-7-22(12-13-4-3-5-15(20)8-13)17(11-21)16(14)10-19(18)24-2/h3-5,8-10,17H,6-7,11-12,21H2,1-2H3/p+2/t17-/m0/s1. The lowest BCUT2D eigenvalue weighted by atomic mass is 9.91. The number of hydrogen-bond acceptors (Lipinski definition) is 2. The zero-order chi connectivity index (χ0) is 17.1. The van der Waals surface area contributed by atoms with Crippen LogP contribution in [0.4, 0.5) is 4.39 Å². The van der Waals surface area contributed by atoms with Gasteiger partial charge in [0.25, 0.3) is 0 Å². The quantitative estimate of drug-likeness (QED) is 0.850. The molecule has 1 aliphatic rings. The van der Waals surface area contributed by atoms with Crippen molar-refractivity contribution < 1.29 is 24.5 Å². The van der Waals surface area contributed by atoms with Gasteiger partial charge in [-0.25, -0.2) is 4.39 Å². The van der Waals surface area contributed by atoms with Gasteiger partial charge >= 0.3 is 0 Å². The molecule has 24 heavy (non-hydrogen) atoms. The molecule has 1 aliphatic heterocycles. The Morgan fingerprint density at radius 1 is 1.17 bits per heavy atom. The maximum Gasteiger partial charge on any atom is 0.163 e. The Kier molecular flexibility index (Phi) is 5.02. The fourth-order valence-corrected chi connectivity index (χ4v) is 3.65. The fraction of sp³-hybridized carbons (Fsp3) is 0.368. The Morgan fingerprint density at radius 2 is 1.92 bits per heavy atom. The SMILES string of the molecule is COc1cc2c(cc1OC)[C@H](C[NH3+])[NH+](Cc1cccc(F)c1)CC2. The lowest BCUT2D eigenvalue weighted by molar-refractivity contribution is -0.952. The lowest BCUT2D eigenvalue weighted by Crippen LogP contribution is -3.13. The number of fused-ring (bicyclic) bond motifs is 1. The molecule has 128 valence electrons. The maximum atomic E-state index is 13.5. The second-order valence-electron chi connectivity index (χ2n) is 6.21. The molecule has 0 amide bonds. The zero-order valence-electron chi connectivity index (χ0n) is 14.3. The van der Waals surface area contributed by atoms with Crippen LogP contribution in [0.15, 0.2) is 36.4 Å². The molecule has 0 bridgehead atoms. The first kappa shape index (κ1) is 16.7. The van der Waals surface area contributed by atoms with Gasteiger partial charge in [-0.3, -0.25) is 0 Å². The minimum absolute atomic E-state index is 0.179. The monoisotopic (exact) mass is 332 g/mol. The van der Waals surface area contributed by atoms with Crippen molar-refractivity contribution in [3.63, 3.8) is 0 Å². The van der Waals surface area contributed by atoms with E-state index in [4.69, 9.17) is 9.47 Å². The van der Waals surface area contributed by atoms with Crippen molar-refractivity contribution in [2.24, 2.45) is 0 Å². The van der Waals surface area contributed by atoms with Crippen LogP contribution in [0, 0.1) is 5.82 Å². The molecule has 0 aliphatic carbocycles. The molecule has 1 heterocycles. The van der Waals surface area contributed by atoms with E-state index in [2.05, 4.69) is 17.9 Å². The number of ether oxygens (including phenoxy) is 2. The Hall–Kier alpha value is -2.11. The van der Waals surface area contributed by atoms with Gasteiger partial charge in [-0.15, -0.1) is 0 Å². The molecule has 2 aromatic rings. The first-order valence-corrected chi connectivity index (χ1v) is 8.29. The van der Waals surface area contributed by atoms with E-state index in [1.54, 1.807) is 26.4 Å². The number of benzene rings is 2. The summed E-state index contributed by atoms with van der Waals surface area (Å²) in [5, 5.41) is 0. The maximum absolute atomic E-state index is 13.5. The van der Waals surface area contributed by atoms with Gasteiger partial charge in [0.2, 0.25) is 0 Å². The summed E-state index contributed by atoms with van der Waals surface area (Å²) >= 11 is 0. The van der Waals surface area contributed by atoms with Crippen LogP contribution < -0.4 is 20.1 Å². The minimum Gasteiger partial charge on any atom is -0.493 e. The van der Waals surface area contributed by atoms with Crippen LogP contribution in [0.3, 0.4) is 0 Å². The Labute approximate surface area is 142 Å². The highest BCUT2D eigenvalue weighted by Gasteiger charge is 2.32. The van der Waals surface area contributed by atoms with Gasteiger partial charge in [-0.05, 0) is 29.8 Å². The van der Waals surface area contributed by atoms with Crippen LogP contribution in [0.25, 0.3) is 0 Å². The molecule has 0 saturated heterocycles. The van der Waals surface area contributed by atoms with Gasteiger partial charge in [0.15, 0.2) is 17.5 Å². The van der Waals surface area contributed by atoms with Gasteiger partial charge in [0.1, 0.15) is 18.9 Å². The van der Waals surface area contributed by atoms with Crippen molar-refractivity contribution in [1.82, 2.24) is 0 Å². The second-order valence-corrected chi connectivity index (χ2v) is 6.21. The highest BCUT2D eigenvalue weighted by Crippen LogP contribution is 2.33. The summed E-state index contributed by atoms with van der Waals surface area (Å²) in [6, 6.07) is 11.3. The predicted molar refractivity (Wildman–Crippen MR) is 89.7 cm³/mol. The van der Waals surface area contributed by atoms with Crippen LogP contribution in [-0.2, 0) is 13.0 Å². The average molecular weight is 332 g/mol. The van der Waals surface area contributed by atoms with Gasteiger partial charge < -0.3 is 20.1 Å². The third-order valence-corrected chi connectivity index (χ3v) is 4.84. The normalized spacial score (nSPS) is 19.7. The van der Waals surface area contributed by atoms with E-state index in [0.29, 0.717) is 0 Å². The zero-order valence-corrected chi connectivity index (χ0v) is 14.3. The molecule has 2 atom stereocenters. The first-order chi connectivity index (χ1) is 11.7. The van der Waals surface area contributed by atoms with E-state index in [0.717, 1.165) is 43.1 Å². The van der Waals surface area contributed by atoms with E-state index in [1.165, 1.54) is 22.1 Å². The number of hydrogen-bond donors (Lipinski definition) is 2. The van der Waals surface area contributed by atoms with Crippen LogP contribution >= 0.6 is 0 Å². The van der Waals surface area contributed by atoms with Crippen molar-refractivity contribution in [3.8, 4) is 11.5 Å². The smallest absolute Gasteiger partial charge is 0.163 e. The molecular weight excluding hydrogens is 307 g/mol. The van der Waals surface area contributed by atoms with Crippen molar-refractivity contribution in [2.75, 3.05) is 27.3 Å². The second kappa shape index (κ2) is 7.20. The van der Waals surface area contributed by atoms with Gasteiger partial charge in [-0.1, -0.05) is 12.1 Å². The van der Waals surface area contributed by atoms with E-state index >= 15 is 0 Å². The topological polar surface area (TPSA) is 50.5 Å². The highest BCUT2D eigenvalue weighted by molar-refractivity contribution is 5.48. The van der Waals surface area contributed by atoms with Crippen molar-refractivity contribution in [1.29, 1.82) is 0 Å². The molecule has 0 spiro atoms. The molecule has 4 nitrogen and oxygen atoms in total. The number of quaternary nitrogens is 2. The number of halogens is 1. The summed E-state index contributed by atoms with van der Waals surface area (Å²) in [5.74, 6) is 1.34. The first-order valence-electron chi connectivity index (χ1n) is 8.29. The molecular formula is C19H25FN2O2+2. The number of nitrogens with one attached hydrogen (secondary N) is 1. The molecule has 3 rings (SSSR count). The molecule has 0 fully saturated rings. The molecule has 5 heteroatoms. The summed E-state index contributed by atoms with van der Waals surface area (Å²) in [6.07, 6.45) is 0.969. The molecule has 4 N–H and O–H groups in total. The largest absolute Gasteiger partial charge is 0.493 e. The summed E-state index contributed by atoms with van der Waals surface area (Å²) < 4.78 is 24.3. The predicted octanol–water partition coefficient (Wildman–Crippen LogP) is 0.767. The third-order valence-electron chi connectivity index (χ3n) is 4.84. The minimum atomic E-state index is -0.179. The van der Waals surface area contributed by atoms with Crippen LogP contribution in [0.1, 0.15) is 22.7 Å². The van der Waals surface area contributed by atoms with Gasteiger partial charge in [0.05, 0.1) is 20.8 Å². The van der Waals surface area contributed by atoms with E-state index in [9.17, 15) is 4.39 Å². The summed E-state index contributed by atoms with van der Waals surface area (Å²) in [4.78, 5) is 1.41. The van der Waals surface area contributed by atoms with Crippen molar-refractivity contribution in [2.45, 2.75) is 19.0 Å². The summed E-state index contributed by atoms with van der Waals surface area (Å²) in [7, 11) is 3.32. The molecule has 1 unspecified atom stereocenters. The Bertz CT molecular complexity index is 721.